The van der Waals surface area contributed by atoms with Crippen molar-refractivity contribution in [2.45, 2.75) is 26.2 Å². The zero-order chi connectivity index (χ0) is 13.2. The van der Waals surface area contributed by atoms with Crippen LogP contribution in [-0.4, -0.2) is 26.5 Å². The molecule has 19 heavy (non-hydrogen) atoms. The second kappa shape index (κ2) is 5.01. The Labute approximate surface area is 112 Å². The maximum atomic E-state index is 5.73. The highest BCUT2D eigenvalue weighted by Gasteiger charge is 2.20. The van der Waals surface area contributed by atoms with Crippen molar-refractivity contribution in [3.63, 3.8) is 0 Å². The van der Waals surface area contributed by atoms with Crippen LogP contribution in [0.5, 0.6) is 0 Å². The fourth-order valence-electron chi connectivity index (χ4n) is 2.40. The van der Waals surface area contributed by atoms with Gasteiger partial charge >= 0.3 is 0 Å². The number of nitrogens with two attached hydrogens (primary N) is 1. The van der Waals surface area contributed by atoms with Gasteiger partial charge in [0.05, 0.1) is 0 Å². The molecule has 1 aliphatic carbocycles. The first-order chi connectivity index (χ1) is 9.26. The predicted molar refractivity (Wildman–Crippen MR) is 72.4 cm³/mol. The summed E-state index contributed by atoms with van der Waals surface area (Å²) in [6.45, 7) is 2.70. The molecule has 0 aromatic carbocycles. The van der Waals surface area contributed by atoms with Gasteiger partial charge in [-0.05, 0) is 49.8 Å². The largest absolute Gasteiger partial charge is 0.330 e. The zero-order valence-electron chi connectivity index (χ0n) is 11.0. The van der Waals surface area contributed by atoms with Gasteiger partial charge in [0.1, 0.15) is 0 Å². The van der Waals surface area contributed by atoms with Gasteiger partial charge in [0.2, 0.25) is 0 Å². The SMILES string of the molecule is Cc1cnc(-c2ncc3c(n2)CCC(CN)C3)nc1. The van der Waals surface area contributed by atoms with E-state index in [0.29, 0.717) is 17.6 Å². The van der Waals surface area contributed by atoms with Crippen molar-refractivity contribution < 1.29 is 0 Å². The van der Waals surface area contributed by atoms with Gasteiger partial charge in [-0.3, -0.25) is 0 Å². The second-order valence-electron chi connectivity index (χ2n) is 5.09. The summed E-state index contributed by atoms with van der Waals surface area (Å²) in [6.07, 6.45) is 8.54. The van der Waals surface area contributed by atoms with Gasteiger partial charge in [0, 0.05) is 24.3 Å². The molecule has 0 amide bonds. The molecule has 1 atom stereocenters. The minimum absolute atomic E-state index is 0.567. The van der Waals surface area contributed by atoms with Gasteiger partial charge in [-0.2, -0.15) is 0 Å². The summed E-state index contributed by atoms with van der Waals surface area (Å²) in [5.41, 5.74) is 9.11. The molecule has 98 valence electrons. The minimum Gasteiger partial charge on any atom is -0.330 e. The lowest BCUT2D eigenvalue weighted by Crippen LogP contribution is -2.23. The molecule has 0 saturated heterocycles. The molecule has 0 fully saturated rings. The van der Waals surface area contributed by atoms with Gasteiger partial charge in [-0.25, -0.2) is 19.9 Å². The summed E-state index contributed by atoms with van der Waals surface area (Å²) in [4.78, 5) is 17.5. The molecule has 2 aromatic heterocycles. The molecule has 1 aliphatic rings. The second-order valence-corrected chi connectivity index (χ2v) is 5.09. The zero-order valence-corrected chi connectivity index (χ0v) is 11.0. The van der Waals surface area contributed by atoms with Gasteiger partial charge < -0.3 is 5.73 Å². The molecular weight excluding hydrogens is 238 g/mol. The van der Waals surface area contributed by atoms with E-state index in [1.165, 1.54) is 5.56 Å². The Morgan fingerprint density at radius 3 is 2.63 bits per heavy atom. The van der Waals surface area contributed by atoms with Crippen molar-refractivity contribution in [2.24, 2.45) is 11.7 Å². The predicted octanol–water partition coefficient (Wildman–Crippen LogP) is 1.31. The van der Waals surface area contributed by atoms with E-state index >= 15 is 0 Å². The molecule has 5 heteroatoms. The van der Waals surface area contributed by atoms with Gasteiger partial charge in [-0.1, -0.05) is 0 Å². The van der Waals surface area contributed by atoms with Crippen molar-refractivity contribution in [1.29, 1.82) is 0 Å². The lowest BCUT2D eigenvalue weighted by atomic mass is 9.87. The Morgan fingerprint density at radius 1 is 1.16 bits per heavy atom. The summed E-state index contributed by atoms with van der Waals surface area (Å²) in [6, 6.07) is 0. The van der Waals surface area contributed by atoms with Gasteiger partial charge in [0.15, 0.2) is 11.6 Å². The first-order valence-corrected chi connectivity index (χ1v) is 6.60. The lowest BCUT2D eigenvalue weighted by molar-refractivity contribution is 0.462. The summed E-state index contributed by atoms with van der Waals surface area (Å²) < 4.78 is 0. The number of aromatic nitrogens is 4. The van der Waals surface area contributed by atoms with E-state index in [9.17, 15) is 0 Å². The first kappa shape index (κ1) is 12.2. The van der Waals surface area contributed by atoms with Crippen LogP contribution in [0.3, 0.4) is 0 Å². The molecule has 0 radical (unpaired) electrons. The van der Waals surface area contributed by atoms with E-state index in [4.69, 9.17) is 5.73 Å². The fourth-order valence-corrected chi connectivity index (χ4v) is 2.40. The Kier molecular flexibility index (Phi) is 3.21. The molecule has 1 unspecified atom stereocenters. The monoisotopic (exact) mass is 255 g/mol. The average Bonchev–Trinajstić information content (AvgIpc) is 2.47. The molecule has 2 aromatic rings. The van der Waals surface area contributed by atoms with E-state index in [1.54, 1.807) is 12.4 Å². The van der Waals surface area contributed by atoms with Crippen molar-refractivity contribution in [3.8, 4) is 11.6 Å². The maximum absolute atomic E-state index is 5.73. The highest BCUT2D eigenvalue weighted by Crippen LogP contribution is 2.24. The topological polar surface area (TPSA) is 77.6 Å². The van der Waals surface area contributed by atoms with Crippen LogP contribution in [0.4, 0.5) is 0 Å². The normalized spacial score (nSPS) is 18.1. The molecule has 0 aliphatic heterocycles. The summed E-state index contributed by atoms with van der Waals surface area (Å²) in [5.74, 6) is 1.77. The van der Waals surface area contributed by atoms with Crippen LogP contribution in [0.25, 0.3) is 11.6 Å². The Hall–Kier alpha value is -1.88. The van der Waals surface area contributed by atoms with Crippen molar-refractivity contribution in [3.05, 3.63) is 35.4 Å². The van der Waals surface area contributed by atoms with Gasteiger partial charge in [0.25, 0.3) is 0 Å². The molecule has 3 rings (SSSR count). The van der Waals surface area contributed by atoms with Crippen LogP contribution >= 0.6 is 0 Å². The molecule has 0 saturated carbocycles. The number of hydrogen-bond donors (Lipinski definition) is 1. The van der Waals surface area contributed by atoms with Crippen LogP contribution in [0.15, 0.2) is 18.6 Å². The average molecular weight is 255 g/mol. The Bertz CT molecular complexity index is 579. The van der Waals surface area contributed by atoms with E-state index in [2.05, 4.69) is 19.9 Å². The molecule has 0 spiro atoms. The van der Waals surface area contributed by atoms with E-state index in [0.717, 1.165) is 37.1 Å². The third kappa shape index (κ3) is 2.46. The standard InChI is InChI=1S/C14H17N5/c1-9-6-16-13(17-7-9)14-18-8-11-4-10(5-15)2-3-12(11)19-14/h6-8,10H,2-5,15H2,1H3. The molecule has 5 nitrogen and oxygen atoms in total. The summed E-state index contributed by atoms with van der Waals surface area (Å²) >= 11 is 0. The highest BCUT2D eigenvalue weighted by atomic mass is 15.0. The maximum Gasteiger partial charge on any atom is 0.197 e. The summed E-state index contributed by atoms with van der Waals surface area (Å²) in [7, 11) is 0. The quantitative estimate of drug-likeness (QED) is 0.875. The van der Waals surface area contributed by atoms with Crippen molar-refractivity contribution in [2.75, 3.05) is 6.54 Å². The number of aryl methyl sites for hydroxylation is 2. The first-order valence-electron chi connectivity index (χ1n) is 6.60. The Balaban J connectivity index is 1.92. The number of hydrogen-bond acceptors (Lipinski definition) is 5. The smallest absolute Gasteiger partial charge is 0.197 e. The molecule has 2 N–H and O–H groups in total. The van der Waals surface area contributed by atoms with Crippen LogP contribution in [0.1, 0.15) is 23.2 Å². The van der Waals surface area contributed by atoms with Crippen LogP contribution in [0.2, 0.25) is 0 Å². The fraction of sp³-hybridized carbons (Fsp3) is 0.429. The third-order valence-corrected chi connectivity index (χ3v) is 3.57. The minimum atomic E-state index is 0.567. The highest BCUT2D eigenvalue weighted by molar-refractivity contribution is 5.43. The van der Waals surface area contributed by atoms with Crippen LogP contribution in [-0.2, 0) is 12.8 Å². The summed E-state index contributed by atoms with van der Waals surface area (Å²) in [5, 5.41) is 0. The molecular formula is C14H17N5. The lowest BCUT2D eigenvalue weighted by Gasteiger charge is -2.22. The van der Waals surface area contributed by atoms with Crippen LogP contribution in [0, 0.1) is 12.8 Å². The number of nitrogens with zero attached hydrogens (tertiary/aromatic N) is 4. The van der Waals surface area contributed by atoms with Crippen molar-refractivity contribution >= 4 is 0 Å². The molecule has 0 bridgehead atoms. The number of rotatable bonds is 2. The molecule has 2 heterocycles. The Morgan fingerprint density at radius 2 is 1.89 bits per heavy atom. The van der Waals surface area contributed by atoms with Gasteiger partial charge in [-0.15, -0.1) is 0 Å². The van der Waals surface area contributed by atoms with E-state index < -0.39 is 0 Å². The number of fused-ring (bicyclic) bond motifs is 1. The van der Waals surface area contributed by atoms with E-state index in [1.807, 2.05) is 13.1 Å². The van der Waals surface area contributed by atoms with E-state index in [-0.39, 0.29) is 0 Å². The van der Waals surface area contributed by atoms with Crippen molar-refractivity contribution in [1.82, 2.24) is 19.9 Å². The van der Waals surface area contributed by atoms with Crippen LogP contribution < -0.4 is 5.73 Å². The third-order valence-electron chi connectivity index (χ3n) is 3.57.